The Morgan fingerprint density at radius 3 is 2.58 bits per heavy atom. The maximum Gasteiger partial charge on any atom is 0.134 e. The first-order chi connectivity index (χ1) is 9.25. The Hall–Kier alpha value is -2.03. The lowest BCUT2D eigenvalue weighted by Gasteiger charge is -2.07. The first kappa shape index (κ1) is 12.0. The third-order valence-electron chi connectivity index (χ3n) is 3.52. The van der Waals surface area contributed by atoms with E-state index in [1.54, 1.807) is 12.4 Å². The molecule has 1 aromatic heterocycles. The minimum Gasteiger partial charge on any atom is -0.241 e. The summed E-state index contributed by atoms with van der Waals surface area (Å²) in [6, 6.07) is 7.70. The van der Waals surface area contributed by atoms with Crippen LogP contribution in [0.2, 0.25) is 0 Å². The van der Waals surface area contributed by atoms with Crippen LogP contribution in [0.4, 0.5) is 4.39 Å². The van der Waals surface area contributed by atoms with E-state index in [0.29, 0.717) is 5.82 Å². The van der Waals surface area contributed by atoms with Crippen LogP contribution in [0.1, 0.15) is 35.4 Å². The Kier molecular flexibility index (Phi) is 3.11. The summed E-state index contributed by atoms with van der Waals surface area (Å²) in [5.41, 5.74) is 3.32. The SMILES string of the molecule is Cc1ncc(C2=C(F)c3ccccc3CCC2)cn1. The van der Waals surface area contributed by atoms with Crippen molar-refractivity contribution in [1.29, 1.82) is 0 Å². The van der Waals surface area contributed by atoms with E-state index in [1.807, 2.05) is 31.2 Å². The molecule has 19 heavy (non-hydrogen) atoms. The number of nitrogens with zero attached hydrogens (tertiary/aromatic N) is 2. The largest absolute Gasteiger partial charge is 0.241 e. The number of rotatable bonds is 1. The maximum absolute atomic E-state index is 14.7. The summed E-state index contributed by atoms with van der Waals surface area (Å²) in [7, 11) is 0. The predicted octanol–water partition coefficient (Wildman–Crippen LogP) is 3.96. The van der Waals surface area contributed by atoms with E-state index in [0.717, 1.165) is 41.5 Å². The lowest BCUT2D eigenvalue weighted by molar-refractivity contribution is 0.759. The quantitative estimate of drug-likeness (QED) is 0.769. The summed E-state index contributed by atoms with van der Waals surface area (Å²) in [5, 5.41) is 0. The highest BCUT2D eigenvalue weighted by atomic mass is 19.1. The van der Waals surface area contributed by atoms with Crippen LogP contribution in [0.5, 0.6) is 0 Å². The molecule has 3 rings (SSSR count). The summed E-state index contributed by atoms with van der Waals surface area (Å²) in [5.74, 6) is 0.583. The van der Waals surface area contributed by atoms with Crippen molar-refractivity contribution >= 4 is 11.4 Å². The molecule has 2 aromatic rings. The lowest BCUT2D eigenvalue weighted by atomic mass is 10.0. The van der Waals surface area contributed by atoms with Gasteiger partial charge in [0.2, 0.25) is 0 Å². The van der Waals surface area contributed by atoms with Crippen LogP contribution in [-0.4, -0.2) is 9.97 Å². The second kappa shape index (κ2) is 4.92. The molecule has 0 aliphatic heterocycles. The molecule has 0 atom stereocenters. The highest BCUT2D eigenvalue weighted by Gasteiger charge is 2.18. The Labute approximate surface area is 112 Å². The Morgan fingerprint density at radius 1 is 1.05 bits per heavy atom. The van der Waals surface area contributed by atoms with Crippen molar-refractivity contribution in [3.05, 3.63) is 59.2 Å². The normalized spacial score (nSPS) is 15.1. The van der Waals surface area contributed by atoms with Gasteiger partial charge in [-0.15, -0.1) is 0 Å². The number of benzene rings is 1. The standard InChI is InChI=1S/C16H15FN2/c1-11-18-9-13(10-19-11)15-8-4-6-12-5-2-3-7-14(12)16(15)17/h2-3,5,7,9-10H,4,6,8H2,1H3. The highest BCUT2D eigenvalue weighted by molar-refractivity contribution is 5.88. The van der Waals surface area contributed by atoms with Crippen LogP contribution in [-0.2, 0) is 6.42 Å². The van der Waals surface area contributed by atoms with Gasteiger partial charge in [0, 0.05) is 23.5 Å². The number of hydrogen-bond acceptors (Lipinski definition) is 2. The molecule has 0 saturated carbocycles. The molecular weight excluding hydrogens is 239 g/mol. The summed E-state index contributed by atoms with van der Waals surface area (Å²) >= 11 is 0. The van der Waals surface area contributed by atoms with Gasteiger partial charge in [0.25, 0.3) is 0 Å². The molecule has 0 bridgehead atoms. The van der Waals surface area contributed by atoms with Gasteiger partial charge in [0.05, 0.1) is 0 Å². The highest BCUT2D eigenvalue weighted by Crippen LogP contribution is 2.35. The lowest BCUT2D eigenvalue weighted by Crippen LogP contribution is -1.93. The molecule has 1 aliphatic carbocycles. The fourth-order valence-electron chi connectivity index (χ4n) is 2.50. The molecule has 1 aliphatic rings. The molecule has 3 heteroatoms. The van der Waals surface area contributed by atoms with Gasteiger partial charge in [0.15, 0.2) is 0 Å². The number of aromatic nitrogens is 2. The summed E-state index contributed by atoms with van der Waals surface area (Å²) in [6.07, 6.45) is 6.02. The van der Waals surface area contributed by atoms with Crippen LogP contribution in [0, 0.1) is 6.92 Å². The van der Waals surface area contributed by atoms with Gasteiger partial charge >= 0.3 is 0 Å². The molecule has 1 aromatic carbocycles. The zero-order valence-electron chi connectivity index (χ0n) is 10.9. The van der Waals surface area contributed by atoms with Gasteiger partial charge in [-0.25, -0.2) is 14.4 Å². The summed E-state index contributed by atoms with van der Waals surface area (Å²) in [4.78, 5) is 8.33. The molecule has 0 amide bonds. The van der Waals surface area contributed by atoms with Crippen LogP contribution in [0.15, 0.2) is 36.7 Å². The molecule has 0 radical (unpaired) electrons. The average molecular weight is 254 g/mol. The van der Waals surface area contributed by atoms with Crippen LogP contribution in [0.3, 0.4) is 0 Å². The van der Waals surface area contributed by atoms with Gasteiger partial charge in [-0.05, 0) is 37.3 Å². The zero-order chi connectivity index (χ0) is 13.2. The summed E-state index contributed by atoms with van der Waals surface area (Å²) in [6.45, 7) is 1.83. The topological polar surface area (TPSA) is 25.8 Å². The summed E-state index contributed by atoms with van der Waals surface area (Å²) < 4.78 is 14.7. The smallest absolute Gasteiger partial charge is 0.134 e. The first-order valence-electron chi connectivity index (χ1n) is 6.51. The van der Waals surface area contributed by atoms with Crippen molar-refractivity contribution in [2.45, 2.75) is 26.2 Å². The van der Waals surface area contributed by atoms with E-state index in [9.17, 15) is 4.39 Å². The van der Waals surface area contributed by atoms with E-state index in [-0.39, 0.29) is 5.83 Å². The minimum absolute atomic E-state index is 0.124. The van der Waals surface area contributed by atoms with E-state index in [4.69, 9.17) is 0 Å². The number of hydrogen-bond donors (Lipinski definition) is 0. The second-order valence-electron chi connectivity index (χ2n) is 4.82. The Bertz CT molecular complexity index is 629. The second-order valence-corrected chi connectivity index (χ2v) is 4.82. The van der Waals surface area contributed by atoms with Crippen molar-refractivity contribution < 1.29 is 4.39 Å². The van der Waals surface area contributed by atoms with Gasteiger partial charge in [-0.3, -0.25) is 0 Å². The maximum atomic E-state index is 14.7. The molecule has 0 saturated heterocycles. The van der Waals surface area contributed by atoms with E-state index < -0.39 is 0 Å². The molecular formula is C16H15FN2. The number of halogens is 1. The van der Waals surface area contributed by atoms with Crippen molar-refractivity contribution in [3.8, 4) is 0 Å². The number of fused-ring (bicyclic) bond motifs is 1. The van der Waals surface area contributed by atoms with Crippen LogP contribution in [0.25, 0.3) is 11.4 Å². The van der Waals surface area contributed by atoms with E-state index >= 15 is 0 Å². The minimum atomic E-state index is -0.124. The molecule has 0 unspecified atom stereocenters. The van der Waals surface area contributed by atoms with Crippen molar-refractivity contribution in [3.63, 3.8) is 0 Å². The van der Waals surface area contributed by atoms with Gasteiger partial charge in [0.1, 0.15) is 11.7 Å². The Morgan fingerprint density at radius 2 is 1.79 bits per heavy atom. The van der Waals surface area contributed by atoms with Gasteiger partial charge in [-0.2, -0.15) is 0 Å². The zero-order valence-corrected chi connectivity index (χ0v) is 10.9. The first-order valence-corrected chi connectivity index (χ1v) is 6.51. The van der Waals surface area contributed by atoms with Crippen molar-refractivity contribution in [1.82, 2.24) is 9.97 Å². The molecule has 0 fully saturated rings. The number of allylic oxidation sites excluding steroid dienone is 1. The van der Waals surface area contributed by atoms with E-state index in [1.165, 1.54) is 0 Å². The van der Waals surface area contributed by atoms with Gasteiger partial charge < -0.3 is 0 Å². The van der Waals surface area contributed by atoms with Crippen molar-refractivity contribution in [2.75, 3.05) is 0 Å². The van der Waals surface area contributed by atoms with Gasteiger partial charge in [-0.1, -0.05) is 24.3 Å². The monoisotopic (exact) mass is 254 g/mol. The molecule has 2 nitrogen and oxygen atoms in total. The average Bonchev–Trinajstić information content (AvgIpc) is 2.60. The van der Waals surface area contributed by atoms with E-state index in [2.05, 4.69) is 9.97 Å². The third kappa shape index (κ3) is 2.28. The van der Waals surface area contributed by atoms with Crippen LogP contribution >= 0.6 is 0 Å². The van der Waals surface area contributed by atoms with Crippen molar-refractivity contribution in [2.24, 2.45) is 0 Å². The van der Waals surface area contributed by atoms with Crippen LogP contribution < -0.4 is 0 Å². The predicted molar refractivity (Wildman–Crippen MR) is 74.1 cm³/mol. The molecule has 1 heterocycles. The molecule has 96 valence electrons. The fraction of sp³-hybridized carbons (Fsp3) is 0.250. The number of aryl methyl sites for hydroxylation is 2. The Balaban J connectivity index is 2.12. The molecule has 0 N–H and O–H groups in total. The fourth-order valence-corrected chi connectivity index (χ4v) is 2.50. The molecule has 0 spiro atoms. The third-order valence-corrected chi connectivity index (χ3v) is 3.52.